The minimum Gasteiger partial charge on any atom is -0.390 e. The highest BCUT2D eigenvalue weighted by molar-refractivity contribution is 7.88. The zero-order valence-corrected chi connectivity index (χ0v) is 9.30. The van der Waals surface area contributed by atoms with E-state index in [4.69, 9.17) is 0 Å². The summed E-state index contributed by atoms with van der Waals surface area (Å²) in [7, 11) is -0.0321. The van der Waals surface area contributed by atoms with E-state index in [1.807, 2.05) is 0 Å². The zero-order valence-electron chi connectivity index (χ0n) is 8.48. The summed E-state index contributed by atoms with van der Waals surface area (Å²) in [6.45, 7) is 1.90. The van der Waals surface area contributed by atoms with Crippen molar-refractivity contribution in [2.45, 2.75) is 19.1 Å². The van der Waals surface area contributed by atoms with Gasteiger partial charge in [0.15, 0.2) is 0 Å². The lowest BCUT2D eigenvalue weighted by Gasteiger charge is -2.22. The Morgan fingerprint density at radius 3 is 2.31 bits per heavy atom. The summed E-state index contributed by atoms with van der Waals surface area (Å²) in [5.74, 6) is 0. The van der Waals surface area contributed by atoms with Crippen LogP contribution < -0.4 is 5.32 Å². The monoisotopic (exact) mass is 210 g/mol. The van der Waals surface area contributed by atoms with Gasteiger partial charge in [0.2, 0.25) is 10.0 Å². The van der Waals surface area contributed by atoms with Crippen LogP contribution in [0.5, 0.6) is 0 Å². The molecule has 0 aliphatic rings. The molecule has 2 atom stereocenters. The molecule has 0 saturated carbocycles. The second-order valence-electron chi connectivity index (χ2n) is 3.19. The zero-order chi connectivity index (χ0) is 10.6. The summed E-state index contributed by atoms with van der Waals surface area (Å²) in [6.07, 6.45) is 0.425. The van der Waals surface area contributed by atoms with Crippen molar-refractivity contribution in [2.24, 2.45) is 0 Å². The SMILES string of the molecule is CN[C@@H](C)[C@H](O)CN(C)S(C)(=O)=O. The van der Waals surface area contributed by atoms with Crippen LogP contribution in [0.2, 0.25) is 0 Å². The molecule has 0 heterocycles. The molecule has 6 heteroatoms. The number of sulfonamides is 1. The number of likely N-dealkylation sites (N-methyl/N-ethyl adjacent to an activating group) is 2. The average molecular weight is 210 g/mol. The van der Waals surface area contributed by atoms with E-state index >= 15 is 0 Å². The molecule has 0 fully saturated rings. The predicted molar refractivity (Wildman–Crippen MR) is 52.0 cm³/mol. The molecule has 0 amide bonds. The van der Waals surface area contributed by atoms with Crippen LogP contribution in [0.15, 0.2) is 0 Å². The standard InChI is InChI=1S/C7H18N2O3S/c1-6(8-2)7(10)5-9(3)13(4,11)12/h6-8,10H,5H2,1-4H3/t6-,7+/m0/s1. The molecule has 0 aliphatic heterocycles. The van der Waals surface area contributed by atoms with Crippen LogP contribution >= 0.6 is 0 Å². The Morgan fingerprint density at radius 2 is 2.00 bits per heavy atom. The Balaban J connectivity index is 4.14. The van der Waals surface area contributed by atoms with Crippen LogP contribution in [-0.4, -0.2) is 56.9 Å². The number of aliphatic hydroxyl groups excluding tert-OH is 1. The summed E-state index contributed by atoms with van der Waals surface area (Å²) in [5, 5.41) is 12.3. The fourth-order valence-corrected chi connectivity index (χ4v) is 1.17. The fourth-order valence-electron chi connectivity index (χ4n) is 0.749. The molecule has 0 aliphatic carbocycles. The number of nitrogens with zero attached hydrogens (tertiary/aromatic N) is 1. The Bertz CT molecular complexity index is 240. The van der Waals surface area contributed by atoms with Crippen molar-refractivity contribution in [1.82, 2.24) is 9.62 Å². The third kappa shape index (κ3) is 4.56. The Labute approximate surface area is 79.8 Å². The molecule has 5 nitrogen and oxygen atoms in total. The van der Waals surface area contributed by atoms with E-state index in [0.29, 0.717) is 0 Å². The van der Waals surface area contributed by atoms with Crippen molar-refractivity contribution < 1.29 is 13.5 Å². The number of hydrogen-bond acceptors (Lipinski definition) is 4. The maximum atomic E-state index is 11.0. The van der Waals surface area contributed by atoms with E-state index in [9.17, 15) is 13.5 Å². The molecule has 80 valence electrons. The molecular weight excluding hydrogens is 192 g/mol. The van der Waals surface area contributed by atoms with Gasteiger partial charge >= 0.3 is 0 Å². The van der Waals surface area contributed by atoms with Crippen molar-refractivity contribution in [3.63, 3.8) is 0 Å². The normalized spacial score (nSPS) is 17.4. The van der Waals surface area contributed by atoms with Gasteiger partial charge in [0.25, 0.3) is 0 Å². The van der Waals surface area contributed by atoms with Crippen molar-refractivity contribution in [2.75, 3.05) is 26.9 Å². The topological polar surface area (TPSA) is 69.6 Å². The quantitative estimate of drug-likeness (QED) is 0.601. The van der Waals surface area contributed by atoms with E-state index in [1.54, 1.807) is 14.0 Å². The number of hydrogen-bond donors (Lipinski definition) is 2. The van der Waals surface area contributed by atoms with Crippen LogP contribution in [0.1, 0.15) is 6.92 Å². The van der Waals surface area contributed by atoms with Gasteiger partial charge in [-0.3, -0.25) is 0 Å². The van der Waals surface area contributed by atoms with Gasteiger partial charge in [0, 0.05) is 19.6 Å². The second-order valence-corrected chi connectivity index (χ2v) is 5.28. The van der Waals surface area contributed by atoms with E-state index in [0.717, 1.165) is 10.6 Å². The number of aliphatic hydroxyl groups is 1. The molecule has 0 radical (unpaired) electrons. The van der Waals surface area contributed by atoms with Crippen molar-refractivity contribution >= 4 is 10.0 Å². The van der Waals surface area contributed by atoms with Gasteiger partial charge in [0.05, 0.1) is 12.4 Å². The highest BCUT2D eigenvalue weighted by Gasteiger charge is 2.19. The number of rotatable bonds is 5. The highest BCUT2D eigenvalue weighted by atomic mass is 32.2. The Hall–Kier alpha value is -0.170. The maximum Gasteiger partial charge on any atom is 0.211 e. The lowest BCUT2D eigenvalue weighted by molar-refractivity contribution is 0.120. The van der Waals surface area contributed by atoms with Crippen LogP contribution in [-0.2, 0) is 10.0 Å². The van der Waals surface area contributed by atoms with Crippen LogP contribution in [0, 0.1) is 0 Å². The lowest BCUT2D eigenvalue weighted by atomic mass is 10.2. The van der Waals surface area contributed by atoms with E-state index in [2.05, 4.69) is 5.32 Å². The summed E-state index contributed by atoms with van der Waals surface area (Å²) >= 11 is 0. The third-order valence-electron chi connectivity index (χ3n) is 2.04. The molecule has 13 heavy (non-hydrogen) atoms. The van der Waals surface area contributed by atoms with Crippen LogP contribution in [0.3, 0.4) is 0 Å². The third-order valence-corrected chi connectivity index (χ3v) is 3.32. The van der Waals surface area contributed by atoms with E-state index in [1.165, 1.54) is 7.05 Å². The van der Waals surface area contributed by atoms with Crippen LogP contribution in [0.4, 0.5) is 0 Å². The van der Waals surface area contributed by atoms with Gasteiger partial charge < -0.3 is 10.4 Å². The first-order valence-corrected chi connectivity index (χ1v) is 5.90. The van der Waals surface area contributed by atoms with Gasteiger partial charge in [-0.1, -0.05) is 0 Å². The van der Waals surface area contributed by atoms with Gasteiger partial charge in [-0.25, -0.2) is 12.7 Å². The molecule has 0 spiro atoms. The van der Waals surface area contributed by atoms with E-state index in [-0.39, 0.29) is 12.6 Å². The smallest absolute Gasteiger partial charge is 0.211 e. The Morgan fingerprint density at radius 1 is 1.54 bits per heavy atom. The van der Waals surface area contributed by atoms with Crippen LogP contribution in [0.25, 0.3) is 0 Å². The molecule has 2 N–H and O–H groups in total. The molecule has 0 aromatic rings. The van der Waals surface area contributed by atoms with Crippen molar-refractivity contribution in [3.8, 4) is 0 Å². The fraction of sp³-hybridized carbons (Fsp3) is 1.00. The largest absolute Gasteiger partial charge is 0.390 e. The van der Waals surface area contributed by atoms with Gasteiger partial charge in [-0.15, -0.1) is 0 Å². The molecular formula is C7H18N2O3S. The van der Waals surface area contributed by atoms with Gasteiger partial charge in [-0.2, -0.15) is 0 Å². The molecule has 0 saturated heterocycles. The molecule has 0 rings (SSSR count). The minimum atomic E-state index is -3.19. The first-order valence-electron chi connectivity index (χ1n) is 4.05. The van der Waals surface area contributed by atoms with Gasteiger partial charge in [0.1, 0.15) is 0 Å². The highest BCUT2D eigenvalue weighted by Crippen LogP contribution is 1.99. The molecule has 0 aromatic carbocycles. The second kappa shape index (κ2) is 4.90. The van der Waals surface area contributed by atoms with Gasteiger partial charge in [-0.05, 0) is 14.0 Å². The predicted octanol–water partition coefficient (Wildman–Crippen LogP) is -1.15. The summed E-state index contributed by atoms with van der Waals surface area (Å²) in [4.78, 5) is 0. The molecule has 0 aromatic heterocycles. The first kappa shape index (κ1) is 12.8. The summed E-state index contributed by atoms with van der Waals surface area (Å²) in [5.41, 5.74) is 0. The Kier molecular flexibility index (Phi) is 4.83. The lowest BCUT2D eigenvalue weighted by Crippen LogP contribution is -2.43. The van der Waals surface area contributed by atoms with Crippen molar-refractivity contribution in [3.05, 3.63) is 0 Å². The molecule has 0 unspecified atom stereocenters. The van der Waals surface area contributed by atoms with E-state index < -0.39 is 16.1 Å². The first-order chi connectivity index (χ1) is 5.79. The number of nitrogens with one attached hydrogen (secondary N) is 1. The maximum absolute atomic E-state index is 11.0. The summed E-state index contributed by atoms with van der Waals surface area (Å²) < 4.78 is 23.1. The summed E-state index contributed by atoms with van der Waals surface area (Å²) in [6, 6.07) is -0.121. The minimum absolute atomic E-state index is 0.112. The van der Waals surface area contributed by atoms with Crippen molar-refractivity contribution in [1.29, 1.82) is 0 Å². The average Bonchev–Trinajstić information content (AvgIpc) is 2.01. The molecule has 0 bridgehead atoms.